The van der Waals surface area contributed by atoms with Gasteiger partial charge in [-0.05, 0) is 54.7 Å². The van der Waals surface area contributed by atoms with Gasteiger partial charge in [-0.1, -0.05) is 123 Å². The van der Waals surface area contributed by atoms with E-state index in [1.54, 1.807) is 52.0 Å². The summed E-state index contributed by atoms with van der Waals surface area (Å²) in [6.45, 7) is 9.75. The summed E-state index contributed by atoms with van der Waals surface area (Å²) in [6, 6.07) is 30.8. The summed E-state index contributed by atoms with van der Waals surface area (Å²) in [5.74, 6) is -0.534. The molecule has 0 aliphatic carbocycles. The maximum absolute atomic E-state index is 13.6. The van der Waals surface area contributed by atoms with E-state index in [1.165, 1.54) is 38.1 Å². The zero-order chi connectivity index (χ0) is 39.8. The fraction of sp³-hybridized carbons (Fsp3) is 0.220. The lowest BCUT2D eigenvalue weighted by molar-refractivity contribution is -0.136. The highest BCUT2D eigenvalue weighted by Crippen LogP contribution is 2.42. The summed E-state index contributed by atoms with van der Waals surface area (Å²) in [7, 11) is -8.65. The van der Waals surface area contributed by atoms with Crippen LogP contribution in [0.2, 0.25) is 0 Å². The lowest BCUT2D eigenvalue weighted by Gasteiger charge is -2.39. The van der Waals surface area contributed by atoms with E-state index in [9.17, 15) is 26.4 Å². The van der Waals surface area contributed by atoms with E-state index in [0.717, 1.165) is 22.3 Å². The molecule has 0 aliphatic heterocycles. The Bertz CT molecular complexity index is 2580. The molecule has 0 radical (unpaired) electrons. The van der Waals surface area contributed by atoms with Gasteiger partial charge in [0.15, 0.2) is 0 Å². The van der Waals surface area contributed by atoms with Crippen LogP contribution < -0.4 is 9.44 Å². The summed E-state index contributed by atoms with van der Waals surface area (Å²) in [4.78, 5) is 26.5. The zero-order valence-electron chi connectivity index (χ0n) is 31.1. The predicted molar refractivity (Wildman–Crippen MR) is 207 cm³/mol. The Balaban J connectivity index is 1.11. The molecule has 0 aliphatic rings. The third kappa shape index (κ3) is 7.87. The second kappa shape index (κ2) is 14.8. The van der Waals surface area contributed by atoms with Gasteiger partial charge in [0.05, 0.1) is 26.3 Å². The van der Waals surface area contributed by atoms with E-state index >= 15 is 0 Å². The Kier molecular flexibility index (Phi) is 10.4. The van der Waals surface area contributed by atoms with Gasteiger partial charge in [0.1, 0.15) is 22.9 Å². The average Bonchev–Trinajstić information content (AvgIpc) is 3.73. The summed E-state index contributed by atoms with van der Waals surface area (Å²) in [5.41, 5.74) is 2.97. The van der Waals surface area contributed by atoms with Crippen LogP contribution in [0.4, 0.5) is 0 Å². The molecule has 0 fully saturated rings. The van der Waals surface area contributed by atoms with Crippen molar-refractivity contribution in [3.05, 3.63) is 121 Å². The number of benzene rings is 4. The normalized spacial score (nSPS) is 12.3. The maximum Gasteiger partial charge on any atom is 0.264 e. The summed E-state index contributed by atoms with van der Waals surface area (Å²) in [5, 5.41) is 8.36. The molecule has 2 heterocycles. The Labute approximate surface area is 320 Å². The van der Waals surface area contributed by atoms with Gasteiger partial charge in [-0.15, -0.1) is 0 Å². The number of sulfonamides is 2. The molecule has 0 bridgehead atoms. The third-order valence-electron chi connectivity index (χ3n) is 10.1. The first-order valence-electron chi connectivity index (χ1n) is 17.3. The van der Waals surface area contributed by atoms with Crippen LogP contribution in [0.5, 0.6) is 0 Å². The van der Waals surface area contributed by atoms with E-state index in [-0.39, 0.29) is 9.79 Å². The minimum absolute atomic E-state index is 0.159. The molecule has 12 nitrogen and oxygen atoms in total. The van der Waals surface area contributed by atoms with Crippen LogP contribution in [0.1, 0.15) is 45.6 Å². The van der Waals surface area contributed by atoms with Crippen molar-refractivity contribution in [1.82, 2.24) is 19.8 Å². The number of carbonyl (C=O) groups is 2. The van der Waals surface area contributed by atoms with Crippen LogP contribution in [0.15, 0.2) is 128 Å². The summed E-state index contributed by atoms with van der Waals surface area (Å²) in [6.07, 6.45) is -0.418. The molecule has 0 saturated carbocycles. The molecule has 0 spiro atoms. The third-order valence-corrected chi connectivity index (χ3v) is 12.8. The topological polar surface area (TPSA) is 179 Å². The van der Waals surface area contributed by atoms with Gasteiger partial charge >= 0.3 is 0 Å². The Morgan fingerprint density at radius 2 is 0.945 bits per heavy atom. The van der Waals surface area contributed by atoms with Gasteiger partial charge in [0.25, 0.3) is 20.0 Å². The number of rotatable bonds is 12. The van der Waals surface area contributed by atoms with Gasteiger partial charge in [0, 0.05) is 17.5 Å². The van der Waals surface area contributed by atoms with Crippen molar-refractivity contribution in [3.63, 3.8) is 0 Å². The number of aryl methyl sites for hydroxylation is 2. The second-order valence-electron chi connectivity index (χ2n) is 14.4. The second-order valence-corrected chi connectivity index (χ2v) is 17.7. The van der Waals surface area contributed by atoms with Crippen molar-refractivity contribution in [1.29, 1.82) is 0 Å². The molecular weight excluding hydrogens is 741 g/mol. The number of aromatic nitrogens is 2. The molecule has 55 heavy (non-hydrogen) atoms. The van der Waals surface area contributed by atoms with Crippen LogP contribution >= 0.6 is 0 Å². The maximum atomic E-state index is 13.6. The Morgan fingerprint density at radius 1 is 0.564 bits per heavy atom. The SMILES string of the molecule is Cc1onc(-c2ccc(S(=O)(=O)NC(=O)CC(C)(C)C(C)(C)C(=O)NS(=O)(=O)c3ccc(-c4noc(C)c4-c4ccccc4)cc3)cc2)c1-c1ccccc1. The minimum atomic E-state index is -4.34. The van der Waals surface area contributed by atoms with E-state index in [0.29, 0.717) is 34.0 Å². The van der Waals surface area contributed by atoms with Crippen molar-refractivity contribution in [2.45, 2.75) is 57.8 Å². The molecule has 2 aromatic heterocycles. The molecule has 0 unspecified atom stereocenters. The quantitative estimate of drug-likeness (QED) is 0.125. The number of nitrogens with one attached hydrogen (secondary N) is 2. The molecule has 6 aromatic rings. The number of carbonyl (C=O) groups excluding carboxylic acids is 2. The fourth-order valence-corrected chi connectivity index (χ4v) is 8.19. The van der Waals surface area contributed by atoms with Gasteiger partial charge in [-0.25, -0.2) is 26.3 Å². The number of amides is 2. The first-order valence-corrected chi connectivity index (χ1v) is 20.2. The summed E-state index contributed by atoms with van der Waals surface area (Å²) < 4.78 is 68.4. The first kappa shape index (κ1) is 38.9. The number of nitrogens with zero attached hydrogens (tertiary/aromatic N) is 2. The molecule has 14 heteroatoms. The standard InChI is InChI=1S/C41H40N4O8S2/c1-26-35(28-13-9-7-10-14-28)37(42-52-26)30-17-21-32(22-18-30)54(48,49)44-34(46)25-40(3,4)41(5,6)39(47)45-55(50,51)33-23-19-31(20-24-33)38-36(27(2)53-43-38)29-15-11-8-12-16-29/h7-24H,25H2,1-6H3,(H,44,46)(H,45,47). The largest absolute Gasteiger partial charge is 0.360 e. The lowest BCUT2D eigenvalue weighted by atomic mass is 9.65. The molecular formula is C41H40N4O8S2. The Hall–Kier alpha value is -5.86. The monoisotopic (exact) mass is 780 g/mol. The van der Waals surface area contributed by atoms with Crippen molar-refractivity contribution in [3.8, 4) is 44.8 Å². The highest BCUT2D eigenvalue weighted by atomic mass is 32.2. The minimum Gasteiger partial charge on any atom is -0.360 e. The highest BCUT2D eigenvalue weighted by Gasteiger charge is 2.46. The predicted octanol–water partition coefficient (Wildman–Crippen LogP) is 7.70. The van der Waals surface area contributed by atoms with Crippen LogP contribution in [0, 0.1) is 24.7 Å². The van der Waals surface area contributed by atoms with Crippen LogP contribution in [0.25, 0.3) is 44.8 Å². The first-order chi connectivity index (χ1) is 25.9. The van der Waals surface area contributed by atoms with Crippen molar-refractivity contribution in [2.24, 2.45) is 10.8 Å². The molecule has 0 atom stereocenters. The average molecular weight is 781 g/mol. The van der Waals surface area contributed by atoms with Crippen molar-refractivity contribution < 1.29 is 35.5 Å². The number of hydrogen-bond acceptors (Lipinski definition) is 10. The molecule has 0 saturated heterocycles. The molecule has 2 N–H and O–H groups in total. The van der Waals surface area contributed by atoms with E-state index in [4.69, 9.17) is 9.05 Å². The molecule has 2 amide bonds. The van der Waals surface area contributed by atoms with Crippen molar-refractivity contribution in [2.75, 3.05) is 0 Å². The van der Waals surface area contributed by atoms with Crippen LogP contribution in [0.3, 0.4) is 0 Å². The molecule has 4 aromatic carbocycles. The lowest BCUT2D eigenvalue weighted by Crippen LogP contribution is -2.49. The number of hydrogen-bond donors (Lipinski definition) is 2. The molecule has 6 rings (SSSR count). The molecule has 284 valence electrons. The van der Waals surface area contributed by atoms with E-state index < -0.39 is 49.1 Å². The van der Waals surface area contributed by atoms with Gasteiger partial charge in [-0.3, -0.25) is 9.59 Å². The van der Waals surface area contributed by atoms with Gasteiger partial charge in [-0.2, -0.15) is 0 Å². The zero-order valence-corrected chi connectivity index (χ0v) is 32.7. The Morgan fingerprint density at radius 3 is 1.35 bits per heavy atom. The highest BCUT2D eigenvalue weighted by molar-refractivity contribution is 7.90. The fourth-order valence-electron chi connectivity index (χ4n) is 6.09. The van der Waals surface area contributed by atoms with Crippen molar-refractivity contribution >= 4 is 31.9 Å². The van der Waals surface area contributed by atoms with Gasteiger partial charge < -0.3 is 9.05 Å². The van der Waals surface area contributed by atoms with Gasteiger partial charge in [0.2, 0.25) is 11.8 Å². The van der Waals surface area contributed by atoms with Crippen LogP contribution in [-0.2, 0) is 29.6 Å². The van der Waals surface area contributed by atoms with Crippen LogP contribution in [-0.4, -0.2) is 39.0 Å². The van der Waals surface area contributed by atoms with E-state index in [1.807, 2.05) is 60.7 Å². The summed E-state index contributed by atoms with van der Waals surface area (Å²) >= 11 is 0. The van der Waals surface area contributed by atoms with E-state index in [2.05, 4.69) is 19.8 Å². The smallest absolute Gasteiger partial charge is 0.264 e.